The first-order chi connectivity index (χ1) is 14.8. The third-order valence-electron chi connectivity index (χ3n) is 6.54. The Balaban J connectivity index is 1.45. The molecule has 154 valence electrons. The van der Waals surface area contributed by atoms with E-state index in [1.165, 1.54) is 60.4 Å². The molecule has 3 aromatic carbocycles. The van der Waals surface area contributed by atoms with Gasteiger partial charge in [0.25, 0.3) is 0 Å². The Hall–Kier alpha value is -2.78. The number of likely N-dealkylation sites (tertiary alicyclic amines) is 1. The van der Waals surface area contributed by atoms with E-state index in [1.54, 1.807) is 0 Å². The quantitative estimate of drug-likeness (QED) is 0.539. The normalized spacial score (nSPS) is 18.6. The van der Waals surface area contributed by atoms with E-state index in [9.17, 15) is 0 Å². The van der Waals surface area contributed by atoms with E-state index < -0.39 is 0 Å². The van der Waals surface area contributed by atoms with E-state index >= 15 is 0 Å². The second-order valence-electron chi connectivity index (χ2n) is 8.43. The van der Waals surface area contributed by atoms with Crippen LogP contribution in [-0.2, 0) is 0 Å². The standard InChI is InChI=1S/C27H30N2O/c1-28-25-13-7-6-12-23(25)27(21-10-4-2-5-11-21)24-20-22(14-15-26(24)28)30-19-18-29-16-8-3-9-17-29/h2,4-7,10-15,20,27H,3,8-9,16-19H2,1H3. The van der Waals surface area contributed by atoms with E-state index in [1.807, 2.05) is 0 Å². The van der Waals surface area contributed by atoms with Crippen molar-refractivity contribution in [2.24, 2.45) is 0 Å². The van der Waals surface area contributed by atoms with Crippen LogP contribution in [0.15, 0.2) is 72.8 Å². The third kappa shape index (κ3) is 3.70. The number of ether oxygens (including phenoxy) is 1. The second-order valence-corrected chi connectivity index (χ2v) is 8.43. The molecule has 0 bridgehead atoms. The van der Waals surface area contributed by atoms with Gasteiger partial charge in [0, 0.05) is 30.9 Å². The number of hydrogen-bond acceptors (Lipinski definition) is 3. The summed E-state index contributed by atoms with van der Waals surface area (Å²) in [6, 6.07) is 26.2. The molecule has 0 spiro atoms. The van der Waals surface area contributed by atoms with Crippen molar-refractivity contribution in [3.8, 4) is 5.75 Å². The Labute approximate surface area is 179 Å². The van der Waals surface area contributed by atoms with Crippen LogP contribution in [0.1, 0.15) is 41.9 Å². The minimum atomic E-state index is 0.222. The minimum absolute atomic E-state index is 0.222. The lowest BCUT2D eigenvalue weighted by atomic mass is 9.80. The predicted molar refractivity (Wildman–Crippen MR) is 124 cm³/mol. The number of fused-ring (bicyclic) bond motifs is 2. The molecule has 2 aliphatic rings. The zero-order chi connectivity index (χ0) is 20.3. The van der Waals surface area contributed by atoms with Crippen LogP contribution in [0.4, 0.5) is 11.4 Å². The summed E-state index contributed by atoms with van der Waals surface area (Å²) in [6.07, 6.45) is 4.02. The molecule has 3 heteroatoms. The molecule has 2 heterocycles. The lowest BCUT2D eigenvalue weighted by Crippen LogP contribution is -2.33. The van der Waals surface area contributed by atoms with Gasteiger partial charge in [0.05, 0.1) is 0 Å². The number of piperidine rings is 1. The summed E-state index contributed by atoms with van der Waals surface area (Å²) in [5.74, 6) is 1.19. The molecule has 1 unspecified atom stereocenters. The van der Waals surface area contributed by atoms with Crippen LogP contribution in [-0.4, -0.2) is 38.2 Å². The first-order valence-electron chi connectivity index (χ1n) is 11.2. The fraction of sp³-hybridized carbons (Fsp3) is 0.333. The molecule has 1 saturated heterocycles. The highest BCUT2D eigenvalue weighted by Gasteiger charge is 2.30. The number of hydrogen-bond donors (Lipinski definition) is 0. The molecule has 1 atom stereocenters. The van der Waals surface area contributed by atoms with Crippen molar-refractivity contribution >= 4 is 11.4 Å². The monoisotopic (exact) mass is 398 g/mol. The van der Waals surface area contributed by atoms with Crippen molar-refractivity contribution < 1.29 is 4.74 Å². The van der Waals surface area contributed by atoms with Crippen LogP contribution in [0, 0.1) is 0 Å². The van der Waals surface area contributed by atoms with Crippen molar-refractivity contribution in [2.75, 3.05) is 38.2 Å². The number of anilines is 2. The van der Waals surface area contributed by atoms with Crippen LogP contribution in [0.2, 0.25) is 0 Å². The highest BCUT2D eigenvalue weighted by molar-refractivity contribution is 5.78. The summed E-state index contributed by atoms with van der Waals surface area (Å²) < 4.78 is 6.22. The summed E-state index contributed by atoms with van der Waals surface area (Å²) in [5.41, 5.74) is 6.52. The molecule has 0 aromatic heterocycles. The maximum absolute atomic E-state index is 6.22. The van der Waals surface area contributed by atoms with Crippen molar-refractivity contribution in [1.82, 2.24) is 4.90 Å². The molecular formula is C27H30N2O. The first kappa shape index (κ1) is 19.2. The SMILES string of the molecule is CN1c2ccccc2C(c2ccccc2)c2cc(OCCN3CCCCC3)ccc21. The van der Waals surface area contributed by atoms with Gasteiger partial charge in [0.2, 0.25) is 0 Å². The lowest BCUT2D eigenvalue weighted by molar-refractivity contribution is 0.183. The molecule has 2 aliphatic heterocycles. The third-order valence-corrected chi connectivity index (χ3v) is 6.54. The van der Waals surface area contributed by atoms with Gasteiger partial charge in [-0.3, -0.25) is 4.90 Å². The number of rotatable bonds is 5. The maximum Gasteiger partial charge on any atom is 0.119 e. The molecule has 3 aromatic rings. The van der Waals surface area contributed by atoms with Crippen LogP contribution < -0.4 is 9.64 Å². The number of nitrogens with zero attached hydrogens (tertiary/aromatic N) is 2. The Bertz CT molecular complexity index is 995. The second kappa shape index (κ2) is 8.53. The smallest absolute Gasteiger partial charge is 0.119 e. The molecule has 30 heavy (non-hydrogen) atoms. The largest absolute Gasteiger partial charge is 0.492 e. The van der Waals surface area contributed by atoms with Gasteiger partial charge in [-0.15, -0.1) is 0 Å². The maximum atomic E-state index is 6.22. The van der Waals surface area contributed by atoms with E-state index in [2.05, 4.69) is 89.6 Å². The molecular weight excluding hydrogens is 368 g/mol. The van der Waals surface area contributed by atoms with Crippen LogP contribution in [0.25, 0.3) is 0 Å². The Morgan fingerprint density at radius 2 is 1.53 bits per heavy atom. The van der Waals surface area contributed by atoms with E-state index in [4.69, 9.17) is 4.74 Å². The molecule has 0 radical (unpaired) electrons. The molecule has 0 aliphatic carbocycles. The number of para-hydroxylation sites is 1. The Morgan fingerprint density at radius 3 is 2.37 bits per heavy atom. The van der Waals surface area contributed by atoms with Gasteiger partial charge in [-0.2, -0.15) is 0 Å². The molecule has 5 rings (SSSR count). The molecule has 0 saturated carbocycles. The van der Waals surface area contributed by atoms with Gasteiger partial charge in [-0.25, -0.2) is 0 Å². The summed E-state index contributed by atoms with van der Waals surface area (Å²) in [5, 5.41) is 0. The Morgan fingerprint density at radius 1 is 0.800 bits per heavy atom. The fourth-order valence-corrected chi connectivity index (χ4v) is 4.97. The van der Waals surface area contributed by atoms with Gasteiger partial charge in [-0.05, 0) is 66.9 Å². The molecule has 1 fully saturated rings. The summed E-state index contributed by atoms with van der Waals surface area (Å²) in [6.45, 7) is 4.19. The summed E-state index contributed by atoms with van der Waals surface area (Å²) >= 11 is 0. The van der Waals surface area contributed by atoms with E-state index in [0.29, 0.717) is 0 Å². The van der Waals surface area contributed by atoms with E-state index in [0.717, 1.165) is 18.9 Å². The van der Waals surface area contributed by atoms with Crippen molar-refractivity contribution in [1.29, 1.82) is 0 Å². The summed E-state index contributed by atoms with van der Waals surface area (Å²) in [7, 11) is 2.16. The zero-order valence-electron chi connectivity index (χ0n) is 17.8. The van der Waals surface area contributed by atoms with Crippen LogP contribution in [0.3, 0.4) is 0 Å². The van der Waals surface area contributed by atoms with Gasteiger partial charge in [0.15, 0.2) is 0 Å². The lowest BCUT2D eigenvalue weighted by Gasteiger charge is -2.36. The first-order valence-corrected chi connectivity index (χ1v) is 11.2. The average Bonchev–Trinajstić information content (AvgIpc) is 2.81. The fourth-order valence-electron chi connectivity index (χ4n) is 4.97. The molecule has 3 nitrogen and oxygen atoms in total. The van der Waals surface area contributed by atoms with E-state index in [-0.39, 0.29) is 5.92 Å². The summed E-state index contributed by atoms with van der Waals surface area (Å²) in [4.78, 5) is 4.83. The van der Waals surface area contributed by atoms with Gasteiger partial charge in [0.1, 0.15) is 12.4 Å². The molecule has 0 amide bonds. The van der Waals surface area contributed by atoms with Crippen LogP contribution >= 0.6 is 0 Å². The number of benzene rings is 3. The highest BCUT2D eigenvalue weighted by Crippen LogP contribution is 2.48. The van der Waals surface area contributed by atoms with Crippen molar-refractivity contribution in [3.05, 3.63) is 89.5 Å². The predicted octanol–water partition coefficient (Wildman–Crippen LogP) is 5.81. The highest BCUT2D eigenvalue weighted by atomic mass is 16.5. The van der Waals surface area contributed by atoms with Crippen LogP contribution in [0.5, 0.6) is 5.75 Å². The van der Waals surface area contributed by atoms with Gasteiger partial charge in [-0.1, -0.05) is 55.0 Å². The van der Waals surface area contributed by atoms with Crippen molar-refractivity contribution in [2.45, 2.75) is 25.2 Å². The Kier molecular flexibility index (Phi) is 5.46. The topological polar surface area (TPSA) is 15.7 Å². The average molecular weight is 399 g/mol. The minimum Gasteiger partial charge on any atom is -0.492 e. The van der Waals surface area contributed by atoms with Crippen molar-refractivity contribution in [3.63, 3.8) is 0 Å². The van der Waals surface area contributed by atoms with Gasteiger partial charge < -0.3 is 9.64 Å². The zero-order valence-corrected chi connectivity index (χ0v) is 17.8. The molecule has 0 N–H and O–H groups in total. The van der Waals surface area contributed by atoms with Gasteiger partial charge >= 0.3 is 0 Å².